The molecule has 0 aromatic rings. The molecule has 1 N–H and O–H groups in total. The average Bonchev–Trinajstić information content (AvgIpc) is 3.17. The summed E-state index contributed by atoms with van der Waals surface area (Å²) in [4.78, 5) is 2.56. The monoisotopic (exact) mass is 240 g/mol. The molecule has 17 heavy (non-hydrogen) atoms. The van der Waals surface area contributed by atoms with E-state index in [2.05, 4.69) is 17.1 Å². The minimum atomic E-state index is 0.715. The number of rotatable bonds is 8. The lowest BCUT2D eigenvalue weighted by Crippen LogP contribution is -2.46. The number of nitrogens with one attached hydrogen (secondary N) is 1. The second kappa shape index (κ2) is 7.34. The van der Waals surface area contributed by atoms with E-state index in [-0.39, 0.29) is 0 Å². The quantitative estimate of drug-likeness (QED) is 0.656. The van der Waals surface area contributed by atoms with Crippen LogP contribution in [0.1, 0.15) is 39.0 Å². The highest BCUT2D eigenvalue weighted by molar-refractivity contribution is 4.78. The highest BCUT2D eigenvalue weighted by Crippen LogP contribution is 2.28. The Kier molecular flexibility index (Phi) is 5.75. The van der Waals surface area contributed by atoms with E-state index >= 15 is 0 Å². The maximum Gasteiger partial charge on any atom is 0.0593 e. The molecule has 100 valence electrons. The van der Waals surface area contributed by atoms with Crippen molar-refractivity contribution in [2.75, 3.05) is 39.4 Å². The average molecular weight is 240 g/mol. The summed E-state index contributed by atoms with van der Waals surface area (Å²) in [6.07, 6.45) is 6.71. The molecule has 1 heterocycles. The molecule has 0 radical (unpaired) electrons. The van der Waals surface area contributed by atoms with Gasteiger partial charge < -0.3 is 10.1 Å². The third-order valence-corrected chi connectivity index (χ3v) is 3.79. The molecule has 1 saturated heterocycles. The van der Waals surface area contributed by atoms with Gasteiger partial charge >= 0.3 is 0 Å². The molecule has 0 bridgehead atoms. The second-order valence-corrected chi connectivity index (χ2v) is 5.61. The van der Waals surface area contributed by atoms with Crippen LogP contribution < -0.4 is 5.32 Å². The molecule has 2 aliphatic rings. The minimum Gasteiger partial charge on any atom is -0.380 e. The molecule has 3 nitrogen and oxygen atoms in total. The van der Waals surface area contributed by atoms with Crippen molar-refractivity contribution >= 4 is 0 Å². The summed E-state index contributed by atoms with van der Waals surface area (Å²) in [5, 5.41) is 3.64. The van der Waals surface area contributed by atoms with Gasteiger partial charge in [0.25, 0.3) is 0 Å². The van der Waals surface area contributed by atoms with Crippen molar-refractivity contribution in [2.24, 2.45) is 5.92 Å². The Morgan fingerprint density at radius 1 is 1.29 bits per heavy atom. The Hall–Kier alpha value is -0.120. The summed E-state index contributed by atoms with van der Waals surface area (Å²) in [5.41, 5.74) is 0. The molecule has 0 aromatic heterocycles. The van der Waals surface area contributed by atoms with Crippen molar-refractivity contribution in [3.8, 4) is 0 Å². The molecule has 1 aliphatic heterocycles. The fraction of sp³-hybridized carbons (Fsp3) is 1.00. The third-order valence-electron chi connectivity index (χ3n) is 3.79. The van der Waals surface area contributed by atoms with Crippen LogP contribution in [0.2, 0.25) is 0 Å². The van der Waals surface area contributed by atoms with E-state index in [0.29, 0.717) is 6.04 Å². The first kappa shape index (κ1) is 13.3. The summed E-state index contributed by atoms with van der Waals surface area (Å²) in [6.45, 7) is 8.93. The third kappa shape index (κ3) is 5.36. The normalized spacial score (nSPS) is 26.3. The van der Waals surface area contributed by atoms with E-state index in [1.165, 1.54) is 45.2 Å². The first-order chi connectivity index (χ1) is 8.38. The van der Waals surface area contributed by atoms with E-state index in [0.717, 1.165) is 32.2 Å². The molecule has 1 atom stereocenters. The predicted octanol–water partition coefficient (Wildman–Crippen LogP) is 1.88. The molecular formula is C14H28N2O. The van der Waals surface area contributed by atoms with Crippen LogP contribution in [0.25, 0.3) is 0 Å². The zero-order valence-electron chi connectivity index (χ0n) is 11.3. The summed E-state index contributed by atoms with van der Waals surface area (Å²) in [7, 11) is 0. The minimum absolute atomic E-state index is 0.715. The van der Waals surface area contributed by atoms with Crippen molar-refractivity contribution in [3.05, 3.63) is 0 Å². The molecule has 1 unspecified atom stereocenters. The molecule has 0 amide bonds. The van der Waals surface area contributed by atoms with E-state index in [1.54, 1.807) is 0 Å². The lowest BCUT2D eigenvalue weighted by Gasteiger charge is -2.33. The van der Waals surface area contributed by atoms with Crippen LogP contribution in [-0.4, -0.2) is 50.3 Å². The van der Waals surface area contributed by atoms with Crippen LogP contribution in [0.4, 0.5) is 0 Å². The van der Waals surface area contributed by atoms with Crippen LogP contribution in [0.15, 0.2) is 0 Å². The van der Waals surface area contributed by atoms with Crippen molar-refractivity contribution in [2.45, 2.75) is 45.1 Å². The number of piperidine rings is 1. The summed E-state index contributed by atoms with van der Waals surface area (Å²) >= 11 is 0. The Labute approximate surface area is 106 Å². The van der Waals surface area contributed by atoms with Crippen LogP contribution in [0, 0.1) is 5.92 Å². The maximum absolute atomic E-state index is 5.71. The van der Waals surface area contributed by atoms with Gasteiger partial charge in [0, 0.05) is 25.7 Å². The molecule has 0 aromatic carbocycles. The topological polar surface area (TPSA) is 24.5 Å². The summed E-state index contributed by atoms with van der Waals surface area (Å²) in [5.74, 6) is 0.898. The molecule has 1 aliphatic carbocycles. The fourth-order valence-electron chi connectivity index (χ4n) is 2.50. The van der Waals surface area contributed by atoms with Crippen molar-refractivity contribution < 1.29 is 4.74 Å². The molecule has 2 rings (SSSR count). The summed E-state index contributed by atoms with van der Waals surface area (Å²) < 4.78 is 5.71. The highest BCUT2D eigenvalue weighted by Gasteiger charge is 2.22. The largest absolute Gasteiger partial charge is 0.380 e. The lowest BCUT2D eigenvalue weighted by molar-refractivity contribution is 0.0839. The Morgan fingerprint density at radius 2 is 2.18 bits per heavy atom. The molecule has 0 spiro atoms. The van der Waals surface area contributed by atoms with E-state index in [1.807, 2.05) is 0 Å². The van der Waals surface area contributed by atoms with E-state index < -0.39 is 0 Å². The first-order valence-corrected chi connectivity index (χ1v) is 7.42. The van der Waals surface area contributed by atoms with Gasteiger partial charge in [-0.2, -0.15) is 0 Å². The lowest BCUT2D eigenvalue weighted by atomic mass is 10.1. The van der Waals surface area contributed by atoms with Gasteiger partial charge in [-0.15, -0.1) is 0 Å². The van der Waals surface area contributed by atoms with Gasteiger partial charge in [-0.3, -0.25) is 4.90 Å². The van der Waals surface area contributed by atoms with Gasteiger partial charge in [0.15, 0.2) is 0 Å². The maximum atomic E-state index is 5.71. The number of hydrogen-bond donors (Lipinski definition) is 1. The number of nitrogens with zero attached hydrogens (tertiary/aromatic N) is 1. The SMILES string of the molecule is CCCNC1CCCN(CCOCC2CC2)C1. The Bertz CT molecular complexity index is 206. The summed E-state index contributed by atoms with van der Waals surface area (Å²) in [6, 6.07) is 0.715. The van der Waals surface area contributed by atoms with Gasteiger partial charge in [-0.05, 0) is 51.1 Å². The smallest absolute Gasteiger partial charge is 0.0593 e. The Morgan fingerprint density at radius 3 is 2.94 bits per heavy atom. The zero-order valence-corrected chi connectivity index (χ0v) is 11.3. The first-order valence-electron chi connectivity index (χ1n) is 7.42. The second-order valence-electron chi connectivity index (χ2n) is 5.61. The number of ether oxygens (including phenoxy) is 1. The Balaban J connectivity index is 1.52. The van der Waals surface area contributed by atoms with Crippen molar-refractivity contribution in [1.29, 1.82) is 0 Å². The zero-order chi connectivity index (χ0) is 11.9. The number of hydrogen-bond acceptors (Lipinski definition) is 3. The van der Waals surface area contributed by atoms with Gasteiger partial charge in [0.1, 0.15) is 0 Å². The van der Waals surface area contributed by atoms with Gasteiger partial charge in [0.05, 0.1) is 6.61 Å². The van der Waals surface area contributed by atoms with Gasteiger partial charge in [0.2, 0.25) is 0 Å². The van der Waals surface area contributed by atoms with Crippen LogP contribution in [0.5, 0.6) is 0 Å². The van der Waals surface area contributed by atoms with E-state index in [9.17, 15) is 0 Å². The van der Waals surface area contributed by atoms with Crippen molar-refractivity contribution in [1.82, 2.24) is 10.2 Å². The van der Waals surface area contributed by atoms with E-state index in [4.69, 9.17) is 4.74 Å². The van der Waals surface area contributed by atoms with Crippen LogP contribution in [-0.2, 0) is 4.74 Å². The molecule has 3 heteroatoms. The molecular weight excluding hydrogens is 212 g/mol. The van der Waals surface area contributed by atoms with Crippen LogP contribution in [0.3, 0.4) is 0 Å². The standard InChI is InChI=1S/C14H28N2O/c1-2-7-15-14-4-3-8-16(11-14)9-10-17-12-13-5-6-13/h13-15H,2-12H2,1H3. The highest BCUT2D eigenvalue weighted by atomic mass is 16.5. The fourth-order valence-corrected chi connectivity index (χ4v) is 2.50. The number of likely N-dealkylation sites (tertiary alicyclic amines) is 1. The predicted molar refractivity (Wildman–Crippen MR) is 71.3 cm³/mol. The van der Waals surface area contributed by atoms with Gasteiger partial charge in [-0.1, -0.05) is 6.92 Å². The molecule has 2 fully saturated rings. The molecule has 1 saturated carbocycles. The van der Waals surface area contributed by atoms with Crippen molar-refractivity contribution in [3.63, 3.8) is 0 Å². The van der Waals surface area contributed by atoms with Crippen LogP contribution >= 0.6 is 0 Å². The van der Waals surface area contributed by atoms with Gasteiger partial charge in [-0.25, -0.2) is 0 Å².